The summed E-state index contributed by atoms with van der Waals surface area (Å²) in [5.74, 6) is 0.156. The molecule has 0 radical (unpaired) electrons. The largest absolute Gasteiger partial charge is 0.375 e. The van der Waals surface area contributed by atoms with Gasteiger partial charge in [0.1, 0.15) is 0 Å². The van der Waals surface area contributed by atoms with Crippen LogP contribution in [-0.2, 0) is 6.54 Å². The van der Waals surface area contributed by atoms with Gasteiger partial charge >= 0.3 is 0 Å². The molecular formula is C20H27N3OS. The lowest BCUT2D eigenvalue weighted by Gasteiger charge is -2.22. The fraction of sp³-hybridized carbons (Fsp3) is 0.450. The third-order valence-electron chi connectivity index (χ3n) is 4.86. The Hall–Kier alpha value is -1.85. The van der Waals surface area contributed by atoms with Gasteiger partial charge in [-0.1, -0.05) is 6.07 Å². The van der Waals surface area contributed by atoms with Crippen LogP contribution in [0.5, 0.6) is 0 Å². The molecule has 1 aromatic heterocycles. The van der Waals surface area contributed by atoms with Crippen molar-refractivity contribution in [3.63, 3.8) is 0 Å². The zero-order valence-corrected chi connectivity index (χ0v) is 16.0. The van der Waals surface area contributed by atoms with Gasteiger partial charge in [-0.25, -0.2) is 0 Å². The number of hydrogen-bond acceptors (Lipinski definition) is 4. The monoisotopic (exact) mass is 357 g/mol. The predicted molar refractivity (Wildman–Crippen MR) is 106 cm³/mol. The van der Waals surface area contributed by atoms with Crippen LogP contribution in [0.1, 0.15) is 28.6 Å². The van der Waals surface area contributed by atoms with Gasteiger partial charge in [-0.05, 0) is 49.1 Å². The highest BCUT2D eigenvalue weighted by atomic mass is 32.1. The minimum absolute atomic E-state index is 0.156. The average molecular weight is 358 g/mol. The van der Waals surface area contributed by atoms with Crippen molar-refractivity contribution >= 4 is 22.9 Å². The zero-order valence-electron chi connectivity index (χ0n) is 15.1. The highest BCUT2D eigenvalue weighted by Gasteiger charge is 2.20. The summed E-state index contributed by atoms with van der Waals surface area (Å²) in [7, 11) is 2.06. The molecule has 0 N–H and O–H groups in total. The molecule has 25 heavy (non-hydrogen) atoms. The van der Waals surface area contributed by atoms with Gasteiger partial charge in [0.15, 0.2) is 0 Å². The van der Waals surface area contributed by atoms with Crippen molar-refractivity contribution in [2.24, 2.45) is 0 Å². The van der Waals surface area contributed by atoms with Crippen molar-refractivity contribution in [1.82, 2.24) is 9.80 Å². The van der Waals surface area contributed by atoms with Gasteiger partial charge in [0.05, 0.1) is 0 Å². The highest BCUT2D eigenvalue weighted by molar-refractivity contribution is 7.09. The van der Waals surface area contributed by atoms with Gasteiger partial charge in [-0.2, -0.15) is 0 Å². The highest BCUT2D eigenvalue weighted by Crippen LogP contribution is 2.17. The van der Waals surface area contributed by atoms with Gasteiger partial charge in [0, 0.05) is 62.4 Å². The van der Waals surface area contributed by atoms with E-state index >= 15 is 0 Å². The standard InChI is InChI=1S/C20H27N3OS/c1-3-21(2)18-9-7-17(8-10-18)20(24)23-12-5-11-22(13-14-23)16-19-6-4-15-25-19/h4,6-10,15H,3,5,11-14,16H2,1-2H3. The van der Waals surface area contributed by atoms with E-state index in [1.807, 2.05) is 29.2 Å². The second-order valence-electron chi connectivity index (χ2n) is 6.56. The lowest BCUT2D eigenvalue weighted by molar-refractivity contribution is 0.0761. The Morgan fingerprint density at radius 1 is 1.12 bits per heavy atom. The minimum Gasteiger partial charge on any atom is -0.375 e. The molecule has 1 fully saturated rings. The molecule has 1 saturated heterocycles. The average Bonchev–Trinajstić information content (AvgIpc) is 3.05. The fourth-order valence-corrected chi connectivity index (χ4v) is 3.92. The van der Waals surface area contributed by atoms with E-state index in [1.165, 1.54) is 4.88 Å². The number of nitrogens with zero attached hydrogens (tertiary/aromatic N) is 3. The molecule has 0 saturated carbocycles. The SMILES string of the molecule is CCN(C)c1ccc(C(=O)N2CCCN(Cc3cccs3)CC2)cc1. The van der Waals surface area contributed by atoms with E-state index in [2.05, 4.69) is 41.3 Å². The summed E-state index contributed by atoms with van der Waals surface area (Å²) in [6.45, 7) is 7.73. The van der Waals surface area contributed by atoms with E-state index < -0.39 is 0 Å². The van der Waals surface area contributed by atoms with Gasteiger partial charge in [-0.15, -0.1) is 11.3 Å². The van der Waals surface area contributed by atoms with Crippen molar-refractivity contribution in [3.8, 4) is 0 Å². The first-order valence-corrected chi connectivity index (χ1v) is 9.90. The van der Waals surface area contributed by atoms with Crippen LogP contribution in [-0.4, -0.2) is 55.5 Å². The van der Waals surface area contributed by atoms with Crippen LogP contribution in [0.15, 0.2) is 41.8 Å². The van der Waals surface area contributed by atoms with Crippen LogP contribution in [0, 0.1) is 0 Å². The van der Waals surface area contributed by atoms with Gasteiger partial charge in [0.25, 0.3) is 5.91 Å². The molecule has 0 bridgehead atoms. The summed E-state index contributed by atoms with van der Waals surface area (Å²) in [6.07, 6.45) is 1.04. The zero-order chi connectivity index (χ0) is 17.6. The number of carbonyl (C=O) groups is 1. The number of carbonyl (C=O) groups excluding carboxylic acids is 1. The summed E-state index contributed by atoms with van der Waals surface area (Å²) in [6, 6.07) is 12.3. The minimum atomic E-state index is 0.156. The van der Waals surface area contributed by atoms with E-state index in [1.54, 1.807) is 11.3 Å². The molecule has 0 atom stereocenters. The Labute approximate surface area is 154 Å². The molecule has 3 rings (SSSR count). The first-order valence-electron chi connectivity index (χ1n) is 9.02. The predicted octanol–water partition coefficient (Wildman–Crippen LogP) is 3.55. The molecule has 1 aliphatic rings. The molecule has 0 unspecified atom stereocenters. The van der Waals surface area contributed by atoms with Crippen molar-refractivity contribution in [3.05, 3.63) is 52.2 Å². The van der Waals surface area contributed by atoms with Crippen LogP contribution >= 0.6 is 11.3 Å². The molecule has 5 heteroatoms. The Balaban J connectivity index is 1.59. The molecule has 134 valence electrons. The molecule has 1 aliphatic heterocycles. The van der Waals surface area contributed by atoms with Crippen LogP contribution in [0.2, 0.25) is 0 Å². The maximum atomic E-state index is 12.8. The lowest BCUT2D eigenvalue weighted by atomic mass is 10.1. The molecule has 2 heterocycles. The molecule has 1 amide bonds. The number of hydrogen-bond donors (Lipinski definition) is 0. The topological polar surface area (TPSA) is 26.8 Å². The Bertz CT molecular complexity index is 669. The number of thiophene rings is 1. The summed E-state index contributed by atoms with van der Waals surface area (Å²) >= 11 is 1.81. The summed E-state index contributed by atoms with van der Waals surface area (Å²) in [4.78, 5) is 20.9. The van der Waals surface area contributed by atoms with Gasteiger partial charge in [-0.3, -0.25) is 9.69 Å². The quantitative estimate of drug-likeness (QED) is 0.819. The van der Waals surface area contributed by atoms with Crippen LogP contribution in [0.25, 0.3) is 0 Å². The number of amides is 1. The number of rotatable bonds is 5. The lowest BCUT2D eigenvalue weighted by Crippen LogP contribution is -2.35. The van der Waals surface area contributed by atoms with E-state index in [-0.39, 0.29) is 5.91 Å². The molecule has 2 aromatic rings. The molecule has 4 nitrogen and oxygen atoms in total. The number of benzene rings is 1. The van der Waals surface area contributed by atoms with E-state index in [4.69, 9.17) is 0 Å². The van der Waals surface area contributed by atoms with Crippen LogP contribution < -0.4 is 4.90 Å². The van der Waals surface area contributed by atoms with Gasteiger partial charge < -0.3 is 9.80 Å². The van der Waals surface area contributed by atoms with Crippen LogP contribution in [0.4, 0.5) is 5.69 Å². The summed E-state index contributed by atoms with van der Waals surface area (Å²) in [5.41, 5.74) is 1.94. The maximum absolute atomic E-state index is 12.8. The molecule has 0 spiro atoms. The molecule has 1 aromatic carbocycles. The van der Waals surface area contributed by atoms with Gasteiger partial charge in [0.2, 0.25) is 0 Å². The van der Waals surface area contributed by atoms with E-state index in [0.717, 1.165) is 56.9 Å². The third kappa shape index (κ3) is 4.61. The van der Waals surface area contributed by atoms with E-state index in [9.17, 15) is 4.79 Å². The Kier molecular flexibility index (Phi) is 6.10. The Morgan fingerprint density at radius 2 is 1.92 bits per heavy atom. The van der Waals surface area contributed by atoms with E-state index in [0.29, 0.717) is 0 Å². The van der Waals surface area contributed by atoms with Crippen molar-refractivity contribution < 1.29 is 4.79 Å². The fourth-order valence-electron chi connectivity index (χ4n) is 3.18. The third-order valence-corrected chi connectivity index (χ3v) is 5.73. The second-order valence-corrected chi connectivity index (χ2v) is 7.59. The normalized spacial score (nSPS) is 15.8. The maximum Gasteiger partial charge on any atom is 0.253 e. The second kappa shape index (κ2) is 8.50. The Morgan fingerprint density at radius 3 is 2.60 bits per heavy atom. The molecular weight excluding hydrogens is 330 g/mol. The van der Waals surface area contributed by atoms with Crippen molar-refractivity contribution in [1.29, 1.82) is 0 Å². The smallest absolute Gasteiger partial charge is 0.253 e. The van der Waals surface area contributed by atoms with Crippen molar-refractivity contribution in [2.75, 3.05) is 44.7 Å². The van der Waals surface area contributed by atoms with Crippen molar-refractivity contribution in [2.45, 2.75) is 19.9 Å². The number of anilines is 1. The first-order chi connectivity index (χ1) is 12.2. The summed E-state index contributed by atoms with van der Waals surface area (Å²) in [5, 5.41) is 2.13. The summed E-state index contributed by atoms with van der Waals surface area (Å²) < 4.78 is 0. The van der Waals surface area contributed by atoms with Crippen LogP contribution in [0.3, 0.4) is 0 Å². The first kappa shape index (κ1) is 18.0. The molecule has 0 aliphatic carbocycles.